The van der Waals surface area contributed by atoms with E-state index in [1.165, 1.54) is 6.92 Å². The first-order valence-corrected chi connectivity index (χ1v) is 8.06. The SMILES string of the molecule is C=CC=C(C)[C@H]1NOCCCCCC(OC(C)=O)C=C[C@@H]1C. The monoisotopic (exact) mass is 307 g/mol. The van der Waals surface area contributed by atoms with Crippen LogP contribution in [0.1, 0.15) is 46.5 Å². The highest BCUT2D eigenvalue weighted by atomic mass is 16.6. The van der Waals surface area contributed by atoms with Gasteiger partial charge < -0.3 is 9.57 Å². The van der Waals surface area contributed by atoms with Crippen molar-refractivity contribution in [2.45, 2.75) is 58.6 Å². The van der Waals surface area contributed by atoms with Crippen LogP contribution in [0.5, 0.6) is 0 Å². The molecule has 1 heterocycles. The van der Waals surface area contributed by atoms with Crippen LogP contribution >= 0.6 is 0 Å². The molecule has 0 spiro atoms. The van der Waals surface area contributed by atoms with Crippen molar-refractivity contribution in [2.24, 2.45) is 5.92 Å². The Bertz CT molecular complexity index is 415. The lowest BCUT2D eigenvalue weighted by Gasteiger charge is -2.25. The van der Waals surface area contributed by atoms with Gasteiger partial charge in [-0.1, -0.05) is 43.7 Å². The lowest BCUT2D eigenvalue weighted by atomic mass is 9.94. The maximum atomic E-state index is 11.2. The fourth-order valence-corrected chi connectivity index (χ4v) is 2.57. The zero-order valence-electron chi connectivity index (χ0n) is 14.0. The van der Waals surface area contributed by atoms with Crippen molar-refractivity contribution >= 4 is 5.97 Å². The van der Waals surface area contributed by atoms with E-state index in [1.54, 1.807) is 6.08 Å². The van der Waals surface area contributed by atoms with Gasteiger partial charge in [-0.05, 0) is 38.2 Å². The molecule has 0 saturated heterocycles. The second-order valence-electron chi connectivity index (χ2n) is 5.83. The Balaban J connectivity index is 2.85. The van der Waals surface area contributed by atoms with Crippen LogP contribution < -0.4 is 5.48 Å². The van der Waals surface area contributed by atoms with Crippen LogP contribution in [0.2, 0.25) is 0 Å². The van der Waals surface area contributed by atoms with E-state index in [0.29, 0.717) is 6.61 Å². The number of rotatable bonds is 3. The second-order valence-corrected chi connectivity index (χ2v) is 5.83. The van der Waals surface area contributed by atoms with Crippen molar-refractivity contribution in [2.75, 3.05) is 6.61 Å². The number of ether oxygens (including phenoxy) is 1. The standard InChI is InChI=1S/C18H29NO3/c1-5-9-14(2)18-15(3)11-12-17(22-16(4)20)10-7-6-8-13-21-19-18/h5,9,11-12,15,17-19H,1,6-8,10,13H2,2-4H3/t15-,17?,18+/m0/s1. The van der Waals surface area contributed by atoms with E-state index >= 15 is 0 Å². The van der Waals surface area contributed by atoms with Crippen LogP contribution in [-0.4, -0.2) is 24.7 Å². The molecule has 1 aliphatic heterocycles. The largest absolute Gasteiger partial charge is 0.458 e. The van der Waals surface area contributed by atoms with Gasteiger partial charge in [0, 0.05) is 6.92 Å². The van der Waals surface area contributed by atoms with Gasteiger partial charge in [0.2, 0.25) is 0 Å². The molecule has 124 valence electrons. The third-order valence-corrected chi connectivity index (χ3v) is 3.79. The number of carbonyl (C=O) groups excluding carboxylic acids is 1. The zero-order chi connectivity index (χ0) is 16.4. The first kappa shape index (κ1) is 18.7. The van der Waals surface area contributed by atoms with Gasteiger partial charge in [0.15, 0.2) is 0 Å². The number of carbonyl (C=O) groups is 1. The molecule has 0 aromatic rings. The van der Waals surface area contributed by atoms with E-state index in [4.69, 9.17) is 9.57 Å². The summed E-state index contributed by atoms with van der Waals surface area (Å²) in [6.07, 6.45) is 11.7. The first-order chi connectivity index (χ1) is 10.5. The fourth-order valence-electron chi connectivity index (χ4n) is 2.57. The summed E-state index contributed by atoms with van der Waals surface area (Å²) in [4.78, 5) is 16.8. The smallest absolute Gasteiger partial charge is 0.303 e. The number of hydrogen-bond donors (Lipinski definition) is 1. The molecule has 3 atom stereocenters. The summed E-state index contributed by atoms with van der Waals surface area (Å²) in [6, 6.07) is 0.0756. The molecule has 0 bridgehead atoms. The van der Waals surface area contributed by atoms with Crippen LogP contribution in [0.4, 0.5) is 0 Å². The lowest BCUT2D eigenvalue weighted by molar-refractivity contribution is -0.144. The fraction of sp³-hybridized carbons (Fsp3) is 0.611. The third kappa shape index (κ3) is 7.05. The summed E-state index contributed by atoms with van der Waals surface area (Å²) in [6.45, 7) is 10.1. The van der Waals surface area contributed by atoms with Gasteiger partial charge in [0.1, 0.15) is 6.10 Å². The highest BCUT2D eigenvalue weighted by Crippen LogP contribution is 2.17. The first-order valence-electron chi connectivity index (χ1n) is 8.06. The summed E-state index contributed by atoms with van der Waals surface area (Å²) < 4.78 is 5.38. The average molecular weight is 307 g/mol. The van der Waals surface area contributed by atoms with Gasteiger partial charge in [0.05, 0.1) is 12.6 Å². The molecule has 0 aromatic carbocycles. The van der Waals surface area contributed by atoms with Crippen molar-refractivity contribution in [3.05, 3.63) is 36.5 Å². The number of allylic oxidation sites excluding steroid dienone is 2. The van der Waals surface area contributed by atoms with Crippen LogP contribution in [-0.2, 0) is 14.4 Å². The number of hydrogen-bond acceptors (Lipinski definition) is 4. The quantitative estimate of drug-likeness (QED) is 0.490. The molecule has 0 saturated carbocycles. The molecule has 0 amide bonds. The number of hydroxylamine groups is 1. The molecule has 1 N–H and O–H groups in total. The molecule has 0 fully saturated rings. The molecule has 0 aliphatic carbocycles. The van der Waals surface area contributed by atoms with Crippen LogP contribution in [0.3, 0.4) is 0 Å². The molecule has 4 nitrogen and oxygen atoms in total. The molecular formula is C18H29NO3. The molecule has 1 rings (SSSR count). The second kappa shape index (κ2) is 10.4. The summed E-state index contributed by atoms with van der Waals surface area (Å²) in [5.74, 6) is -0.0103. The van der Waals surface area contributed by atoms with E-state index in [2.05, 4.69) is 32.0 Å². The molecule has 1 aliphatic rings. The normalized spacial score (nSPS) is 28.3. The Labute approximate surface area is 134 Å². The maximum Gasteiger partial charge on any atom is 0.303 e. The van der Waals surface area contributed by atoms with E-state index < -0.39 is 0 Å². The topological polar surface area (TPSA) is 47.6 Å². The predicted octanol–water partition coefficient (Wildman–Crippen LogP) is 3.71. The Morgan fingerprint density at radius 1 is 1.32 bits per heavy atom. The van der Waals surface area contributed by atoms with Gasteiger partial charge in [-0.3, -0.25) is 4.79 Å². The lowest BCUT2D eigenvalue weighted by Crippen LogP contribution is -2.36. The molecule has 4 heteroatoms. The van der Waals surface area contributed by atoms with Gasteiger partial charge in [-0.2, -0.15) is 5.48 Å². The van der Waals surface area contributed by atoms with E-state index in [1.807, 2.05) is 12.2 Å². The van der Waals surface area contributed by atoms with E-state index in [0.717, 1.165) is 31.3 Å². The van der Waals surface area contributed by atoms with Crippen LogP contribution in [0.15, 0.2) is 36.5 Å². The van der Waals surface area contributed by atoms with Crippen molar-refractivity contribution in [3.63, 3.8) is 0 Å². The average Bonchev–Trinajstić information content (AvgIpc) is 2.45. The minimum atomic E-state index is -0.227. The molecular weight excluding hydrogens is 278 g/mol. The molecule has 22 heavy (non-hydrogen) atoms. The summed E-state index contributed by atoms with van der Waals surface area (Å²) in [5, 5.41) is 0. The Morgan fingerprint density at radius 2 is 2.09 bits per heavy atom. The van der Waals surface area contributed by atoms with Crippen molar-refractivity contribution in [1.82, 2.24) is 5.48 Å². The van der Waals surface area contributed by atoms with Gasteiger partial charge in [-0.15, -0.1) is 0 Å². The summed E-state index contributed by atoms with van der Waals surface area (Å²) in [5.41, 5.74) is 4.31. The molecule has 0 radical (unpaired) electrons. The molecule has 1 unspecified atom stereocenters. The number of nitrogens with one attached hydrogen (secondary N) is 1. The van der Waals surface area contributed by atoms with Crippen LogP contribution in [0.25, 0.3) is 0 Å². The van der Waals surface area contributed by atoms with Crippen LogP contribution in [0, 0.1) is 5.92 Å². The number of esters is 1. The third-order valence-electron chi connectivity index (χ3n) is 3.79. The highest BCUT2D eigenvalue weighted by molar-refractivity contribution is 5.66. The summed E-state index contributed by atoms with van der Waals surface area (Å²) >= 11 is 0. The van der Waals surface area contributed by atoms with Crippen molar-refractivity contribution < 1.29 is 14.4 Å². The highest BCUT2D eigenvalue weighted by Gasteiger charge is 2.18. The van der Waals surface area contributed by atoms with Gasteiger partial charge in [0.25, 0.3) is 0 Å². The zero-order valence-corrected chi connectivity index (χ0v) is 14.0. The maximum absolute atomic E-state index is 11.2. The summed E-state index contributed by atoms with van der Waals surface area (Å²) in [7, 11) is 0. The van der Waals surface area contributed by atoms with E-state index in [9.17, 15) is 4.79 Å². The minimum Gasteiger partial charge on any atom is -0.458 e. The Kier molecular flexibility index (Phi) is 8.78. The van der Waals surface area contributed by atoms with Crippen molar-refractivity contribution in [1.29, 1.82) is 0 Å². The van der Waals surface area contributed by atoms with Crippen molar-refractivity contribution in [3.8, 4) is 0 Å². The minimum absolute atomic E-state index is 0.0756. The van der Waals surface area contributed by atoms with Gasteiger partial charge in [-0.25, -0.2) is 0 Å². The predicted molar refractivity (Wildman–Crippen MR) is 89.2 cm³/mol. The van der Waals surface area contributed by atoms with Gasteiger partial charge >= 0.3 is 5.97 Å². The molecule has 0 aromatic heterocycles. The Morgan fingerprint density at radius 3 is 2.77 bits per heavy atom. The van der Waals surface area contributed by atoms with E-state index in [-0.39, 0.29) is 24.0 Å². The Hall–Kier alpha value is -1.39.